The summed E-state index contributed by atoms with van der Waals surface area (Å²) in [5.41, 5.74) is 0. The molecule has 0 bridgehead atoms. The Balaban J connectivity index is 1.59. The quantitative estimate of drug-likeness (QED) is 0.838. The molecule has 0 N–H and O–H groups in total. The molecule has 2 amide bonds. The molecule has 114 valence electrons. The number of carbonyl (C=O) groups excluding carboxylic acids is 2. The van der Waals surface area contributed by atoms with E-state index < -0.39 is 0 Å². The summed E-state index contributed by atoms with van der Waals surface area (Å²) in [6.07, 6.45) is 1.31. The van der Waals surface area contributed by atoms with Crippen molar-refractivity contribution in [2.45, 2.75) is 31.9 Å². The monoisotopic (exact) mass is 328 g/mol. The van der Waals surface area contributed by atoms with Gasteiger partial charge in [-0.3, -0.25) is 4.79 Å². The average molecular weight is 329 g/mol. The molecular formula is C14H17ClN2O3S. The molecule has 1 unspecified atom stereocenters. The molecule has 2 saturated heterocycles. The van der Waals surface area contributed by atoms with Gasteiger partial charge >= 0.3 is 6.09 Å². The number of cyclic esters (lactones) is 1. The maximum atomic E-state index is 12.4. The fourth-order valence-electron chi connectivity index (χ4n) is 2.90. The second-order valence-corrected chi connectivity index (χ2v) is 6.79. The first-order valence-corrected chi connectivity index (χ1v) is 8.31. The molecule has 3 heterocycles. The van der Waals surface area contributed by atoms with Crippen molar-refractivity contribution >= 4 is 34.9 Å². The third-order valence-corrected chi connectivity index (χ3v) is 5.32. The van der Waals surface area contributed by atoms with Crippen molar-refractivity contribution in [3.05, 3.63) is 21.3 Å². The molecule has 0 radical (unpaired) electrons. The third kappa shape index (κ3) is 2.87. The van der Waals surface area contributed by atoms with Crippen molar-refractivity contribution in [1.29, 1.82) is 0 Å². The molecule has 1 atom stereocenters. The van der Waals surface area contributed by atoms with Gasteiger partial charge in [0.05, 0.1) is 11.6 Å². The summed E-state index contributed by atoms with van der Waals surface area (Å²) in [6.45, 7) is 3.84. The zero-order valence-electron chi connectivity index (χ0n) is 11.8. The number of piperidine rings is 1. The van der Waals surface area contributed by atoms with Gasteiger partial charge in [0, 0.05) is 19.1 Å². The van der Waals surface area contributed by atoms with Gasteiger partial charge in [0.25, 0.3) is 5.91 Å². The molecule has 0 spiro atoms. The Morgan fingerprint density at radius 1 is 1.43 bits per heavy atom. The van der Waals surface area contributed by atoms with E-state index in [-0.39, 0.29) is 24.1 Å². The molecule has 0 saturated carbocycles. The Labute approximate surface area is 132 Å². The van der Waals surface area contributed by atoms with E-state index in [1.54, 1.807) is 11.0 Å². The number of nitrogens with zero attached hydrogens (tertiary/aromatic N) is 2. The molecular weight excluding hydrogens is 312 g/mol. The van der Waals surface area contributed by atoms with Crippen LogP contribution in [0.3, 0.4) is 0 Å². The molecule has 1 aromatic rings. The Morgan fingerprint density at radius 2 is 2.14 bits per heavy atom. The molecule has 21 heavy (non-hydrogen) atoms. The van der Waals surface area contributed by atoms with Gasteiger partial charge in [-0.05, 0) is 31.2 Å². The van der Waals surface area contributed by atoms with Crippen molar-refractivity contribution < 1.29 is 14.3 Å². The molecule has 2 aliphatic rings. The Bertz CT molecular complexity index is 554. The predicted molar refractivity (Wildman–Crippen MR) is 80.9 cm³/mol. The zero-order valence-corrected chi connectivity index (χ0v) is 13.3. The first kappa shape index (κ1) is 14.7. The van der Waals surface area contributed by atoms with Crippen LogP contribution in [0.5, 0.6) is 0 Å². The second-order valence-electron chi connectivity index (χ2n) is 5.47. The van der Waals surface area contributed by atoms with E-state index in [2.05, 4.69) is 0 Å². The number of halogens is 1. The standard InChI is InChI=1S/C14H17ClN2O3S/c1-9-8-17(14(19)20-9)10-2-5-16(6-3-10)13(18)12-11(15)4-7-21-12/h4,7,9-10H,2-3,5-6,8H2,1H3. The van der Waals surface area contributed by atoms with Crippen LogP contribution in [-0.4, -0.2) is 53.6 Å². The molecule has 0 aliphatic carbocycles. The number of hydrogen-bond donors (Lipinski definition) is 0. The SMILES string of the molecule is CC1CN(C2CCN(C(=O)c3sccc3Cl)CC2)C(=O)O1. The number of ether oxygens (including phenoxy) is 1. The summed E-state index contributed by atoms with van der Waals surface area (Å²) in [7, 11) is 0. The van der Waals surface area contributed by atoms with E-state index in [1.165, 1.54) is 11.3 Å². The highest BCUT2D eigenvalue weighted by Crippen LogP contribution is 2.27. The number of thiophene rings is 1. The topological polar surface area (TPSA) is 49.9 Å². The smallest absolute Gasteiger partial charge is 0.410 e. The Morgan fingerprint density at radius 3 is 2.67 bits per heavy atom. The minimum absolute atomic E-state index is 0.00850. The van der Waals surface area contributed by atoms with Gasteiger partial charge in [0.15, 0.2) is 0 Å². The fourth-order valence-corrected chi connectivity index (χ4v) is 4.00. The summed E-state index contributed by atoms with van der Waals surface area (Å²) in [6, 6.07) is 1.92. The molecule has 5 nitrogen and oxygen atoms in total. The number of likely N-dealkylation sites (tertiary alicyclic amines) is 1. The summed E-state index contributed by atoms with van der Waals surface area (Å²) in [5.74, 6) is -0.00850. The van der Waals surface area contributed by atoms with Crippen molar-refractivity contribution in [2.75, 3.05) is 19.6 Å². The minimum Gasteiger partial charge on any atom is -0.444 e. The van der Waals surface area contributed by atoms with Gasteiger partial charge in [-0.1, -0.05) is 11.6 Å². The Kier molecular flexibility index (Phi) is 4.08. The van der Waals surface area contributed by atoms with Gasteiger partial charge in [-0.25, -0.2) is 4.79 Å². The van der Waals surface area contributed by atoms with Crippen molar-refractivity contribution in [3.63, 3.8) is 0 Å². The lowest BCUT2D eigenvalue weighted by molar-refractivity contribution is 0.0663. The number of amides is 2. The van der Waals surface area contributed by atoms with E-state index in [9.17, 15) is 9.59 Å². The lowest BCUT2D eigenvalue weighted by Crippen LogP contribution is -2.47. The molecule has 3 rings (SSSR count). The third-order valence-electron chi connectivity index (χ3n) is 3.99. The van der Waals surface area contributed by atoms with Crippen LogP contribution in [0, 0.1) is 0 Å². The highest BCUT2D eigenvalue weighted by molar-refractivity contribution is 7.12. The van der Waals surface area contributed by atoms with E-state index in [0.29, 0.717) is 29.5 Å². The summed E-state index contributed by atoms with van der Waals surface area (Å²) in [5, 5.41) is 2.34. The summed E-state index contributed by atoms with van der Waals surface area (Å²) < 4.78 is 5.17. The minimum atomic E-state index is -0.228. The Hall–Kier alpha value is -1.27. The first-order chi connectivity index (χ1) is 10.1. The first-order valence-electron chi connectivity index (χ1n) is 7.06. The van der Waals surface area contributed by atoms with E-state index in [0.717, 1.165) is 12.8 Å². The van der Waals surface area contributed by atoms with Gasteiger partial charge in [-0.15, -0.1) is 11.3 Å². The van der Waals surface area contributed by atoms with Crippen LogP contribution in [0.2, 0.25) is 5.02 Å². The van der Waals surface area contributed by atoms with E-state index in [1.807, 2.05) is 17.2 Å². The predicted octanol–water partition coefficient (Wildman–Crippen LogP) is 2.85. The highest BCUT2D eigenvalue weighted by atomic mass is 35.5. The van der Waals surface area contributed by atoms with Crippen molar-refractivity contribution in [1.82, 2.24) is 9.80 Å². The fraction of sp³-hybridized carbons (Fsp3) is 0.571. The van der Waals surface area contributed by atoms with Crippen molar-refractivity contribution in [3.8, 4) is 0 Å². The van der Waals surface area contributed by atoms with Crippen LogP contribution in [0.4, 0.5) is 4.79 Å². The van der Waals surface area contributed by atoms with Gasteiger partial charge in [-0.2, -0.15) is 0 Å². The van der Waals surface area contributed by atoms with Crippen LogP contribution in [0.25, 0.3) is 0 Å². The molecule has 0 aromatic carbocycles. The maximum Gasteiger partial charge on any atom is 0.410 e. The van der Waals surface area contributed by atoms with Crippen LogP contribution in [0.15, 0.2) is 11.4 Å². The number of carbonyl (C=O) groups is 2. The van der Waals surface area contributed by atoms with Gasteiger partial charge in [0.2, 0.25) is 0 Å². The number of rotatable bonds is 2. The van der Waals surface area contributed by atoms with Gasteiger partial charge in [0.1, 0.15) is 11.0 Å². The van der Waals surface area contributed by atoms with Crippen LogP contribution >= 0.6 is 22.9 Å². The lowest BCUT2D eigenvalue weighted by atomic mass is 10.0. The highest BCUT2D eigenvalue weighted by Gasteiger charge is 2.36. The van der Waals surface area contributed by atoms with Crippen molar-refractivity contribution in [2.24, 2.45) is 0 Å². The number of hydrogen-bond acceptors (Lipinski definition) is 4. The van der Waals surface area contributed by atoms with Gasteiger partial charge < -0.3 is 14.5 Å². The van der Waals surface area contributed by atoms with Crippen LogP contribution < -0.4 is 0 Å². The summed E-state index contributed by atoms with van der Waals surface area (Å²) >= 11 is 7.39. The maximum absolute atomic E-state index is 12.4. The van der Waals surface area contributed by atoms with E-state index >= 15 is 0 Å². The zero-order chi connectivity index (χ0) is 15.0. The lowest BCUT2D eigenvalue weighted by Gasteiger charge is -2.35. The largest absolute Gasteiger partial charge is 0.444 e. The summed E-state index contributed by atoms with van der Waals surface area (Å²) in [4.78, 5) is 28.3. The van der Waals surface area contributed by atoms with Crippen LogP contribution in [0.1, 0.15) is 29.4 Å². The average Bonchev–Trinajstić information content (AvgIpc) is 3.04. The molecule has 1 aromatic heterocycles. The normalized spacial score (nSPS) is 23.5. The van der Waals surface area contributed by atoms with Crippen LogP contribution in [-0.2, 0) is 4.74 Å². The second kappa shape index (κ2) is 5.85. The molecule has 2 aliphatic heterocycles. The molecule has 2 fully saturated rings. The van der Waals surface area contributed by atoms with E-state index in [4.69, 9.17) is 16.3 Å². The molecule has 7 heteroatoms.